The fourth-order valence-electron chi connectivity index (χ4n) is 3.72. The molecule has 0 unspecified atom stereocenters. The summed E-state index contributed by atoms with van der Waals surface area (Å²) in [6, 6.07) is 3.99. The molecule has 7 heteroatoms. The number of morpholine rings is 1. The summed E-state index contributed by atoms with van der Waals surface area (Å²) in [5, 5.41) is 0.186. The summed E-state index contributed by atoms with van der Waals surface area (Å²) in [4.78, 5) is 31.1. The highest BCUT2D eigenvalue weighted by atomic mass is 19.1. The van der Waals surface area contributed by atoms with Crippen LogP contribution in [-0.2, 0) is 16.1 Å². The third-order valence-corrected chi connectivity index (χ3v) is 4.89. The van der Waals surface area contributed by atoms with Crippen LogP contribution in [0.1, 0.15) is 19.3 Å². The van der Waals surface area contributed by atoms with Crippen molar-refractivity contribution in [3.8, 4) is 0 Å². The van der Waals surface area contributed by atoms with Crippen LogP contribution in [0.15, 0.2) is 29.3 Å². The zero-order chi connectivity index (χ0) is 16.7. The average molecular weight is 331 g/mol. The summed E-state index contributed by atoms with van der Waals surface area (Å²) < 4.78 is 20.3. The van der Waals surface area contributed by atoms with Crippen molar-refractivity contribution in [2.75, 3.05) is 13.2 Å². The minimum Gasteiger partial charge on any atom is -0.374 e. The second-order valence-electron chi connectivity index (χ2n) is 6.33. The van der Waals surface area contributed by atoms with Gasteiger partial charge in [-0.1, -0.05) is 0 Å². The van der Waals surface area contributed by atoms with E-state index >= 15 is 0 Å². The number of hydrogen-bond acceptors (Lipinski definition) is 4. The second-order valence-corrected chi connectivity index (χ2v) is 6.33. The smallest absolute Gasteiger partial charge is 0.261 e. The average Bonchev–Trinajstić information content (AvgIpc) is 3.06. The van der Waals surface area contributed by atoms with Crippen LogP contribution in [-0.4, -0.2) is 45.7 Å². The van der Waals surface area contributed by atoms with E-state index in [9.17, 15) is 14.0 Å². The summed E-state index contributed by atoms with van der Waals surface area (Å²) in [5.41, 5.74) is 0.0245. The molecule has 2 aromatic rings. The van der Waals surface area contributed by atoms with Crippen molar-refractivity contribution in [1.82, 2.24) is 14.5 Å². The fraction of sp³-hybridized carbons (Fsp3) is 0.471. The van der Waals surface area contributed by atoms with E-state index in [0.29, 0.717) is 18.7 Å². The van der Waals surface area contributed by atoms with Gasteiger partial charge in [-0.15, -0.1) is 0 Å². The molecule has 0 spiro atoms. The maximum Gasteiger partial charge on any atom is 0.261 e. The number of carbonyl (C=O) groups excluding carboxylic acids is 1. The molecule has 1 aromatic carbocycles. The zero-order valence-corrected chi connectivity index (χ0v) is 13.2. The Bertz CT molecular complexity index is 851. The van der Waals surface area contributed by atoms with E-state index in [1.807, 2.05) is 4.90 Å². The highest BCUT2D eigenvalue weighted by molar-refractivity contribution is 5.79. The number of halogens is 1. The van der Waals surface area contributed by atoms with Crippen molar-refractivity contribution in [1.29, 1.82) is 0 Å². The van der Waals surface area contributed by atoms with Crippen LogP contribution in [0.4, 0.5) is 4.39 Å². The van der Waals surface area contributed by atoms with E-state index in [4.69, 9.17) is 4.74 Å². The lowest BCUT2D eigenvalue weighted by molar-refractivity contribution is -0.144. The van der Waals surface area contributed by atoms with Crippen LogP contribution in [0.5, 0.6) is 0 Å². The molecule has 2 aliphatic rings. The molecule has 0 N–H and O–H groups in total. The van der Waals surface area contributed by atoms with Crippen LogP contribution in [0.25, 0.3) is 10.9 Å². The molecule has 126 valence electrons. The molecule has 2 atom stereocenters. The summed E-state index contributed by atoms with van der Waals surface area (Å²) in [7, 11) is 0. The van der Waals surface area contributed by atoms with Gasteiger partial charge < -0.3 is 9.64 Å². The minimum absolute atomic E-state index is 0.0818. The van der Waals surface area contributed by atoms with E-state index in [0.717, 1.165) is 25.3 Å². The van der Waals surface area contributed by atoms with Gasteiger partial charge in [-0.2, -0.15) is 0 Å². The summed E-state index contributed by atoms with van der Waals surface area (Å²) >= 11 is 0. The Hall–Kier alpha value is -2.28. The topological polar surface area (TPSA) is 64.4 Å². The maximum atomic E-state index is 13.4. The van der Waals surface area contributed by atoms with Gasteiger partial charge in [0.1, 0.15) is 12.4 Å². The van der Waals surface area contributed by atoms with Crippen LogP contribution in [0.2, 0.25) is 0 Å². The third-order valence-electron chi connectivity index (χ3n) is 4.89. The molecule has 1 aliphatic heterocycles. The Kier molecular flexibility index (Phi) is 3.80. The quantitative estimate of drug-likeness (QED) is 0.832. The molecule has 0 bridgehead atoms. The Labute approximate surface area is 137 Å². The van der Waals surface area contributed by atoms with Gasteiger partial charge in [-0.05, 0) is 37.5 Å². The molecule has 1 saturated heterocycles. The molecule has 1 aromatic heterocycles. The number of carbonyl (C=O) groups is 1. The molecular formula is C17H18FN3O3. The van der Waals surface area contributed by atoms with Gasteiger partial charge in [0, 0.05) is 6.54 Å². The predicted molar refractivity (Wildman–Crippen MR) is 85.1 cm³/mol. The lowest BCUT2D eigenvalue weighted by atomic mass is 10.1. The molecule has 0 radical (unpaired) electrons. The van der Waals surface area contributed by atoms with Crippen molar-refractivity contribution >= 4 is 16.8 Å². The molecular weight excluding hydrogens is 313 g/mol. The van der Waals surface area contributed by atoms with Crippen molar-refractivity contribution in [3.05, 3.63) is 40.7 Å². The van der Waals surface area contributed by atoms with Crippen LogP contribution >= 0.6 is 0 Å². The predicted octanol–water partition coefficient (Wildman–Crippen LogP) is 1.32. The van der Waals surface area contributed by atoms with Gasteiger partial charge in [0.2, 0.25) is 5.91 Å². The number of ether oxygens (including phenoxy) is 1. The van der Waals surface area contributed by atoms with Crippen molar-refractivity contribution in [2.45, 2.75) is 38.0 Å². The van der Waals surface area contributed by atoms with Crippen molar-refractivity contribution in [3.63, 3.8) is 0 Å². The van der Waals surface area contributed by atoms with Gasteiger partial charge in [0.15, 0.2) is 0 Å². The largest absolute Gasteiger partial charge is 0.374 e. The molecule has 6 nitrogen and oxygen atoms in total. The van der Waals surface area contributed by atoms with Crippen LogP contribution in [0, 0.1) is 5.82 Å². The summed E-state index contributed by atoms with van der Waals surface area (Å²) in [6.07, 6.45) is 4.43. The zero-order valence-electron chi connectivity index (χ0n) is 13.2. The third kappa shape index (κ3) is 2.58. The SMILES string of the molecule is O=C(Cn1cnc2ccc(F)cc2c1=O)N1CCO[C@H]2CCC[C@@H]21. The van der Waals surface area contributed by atoms with Gasteiger partial charge in [-0.25, -0.2) is 9.37 Å². The number of fused-ring (bicyclic) bond motifs is 2. The van der Waals surface area contributed by atoms with E-state index in [1.165, 1.54) is 23.0 Å². The lowest BCUT2D eigenvalue weighted by Gasteiger charge is -2.37. The molecule has 2 fully saturated rings. The molecule has 4 rings (SSSR count). The first-order chi connectivity index (χ1) is 11.6. The Morgan fingerprint density at radius 3 is 3.12 bits per heavy atom. The van der Waals surface area contributed by atoms with E-state index in [-0.39, 0.29) is 30.0 Å². The van der Waals surface area contributed by atoms with E-state index in [2.05, 4.69) is 4.98 Å². The fourth-order valence-corrected chi connectivity index (χ4v) is 3.72. The number of rotatable bonds is 2. The lowest BCUT2D eigenvalue weighted by Crippen LogP contribution is -2.52. The van der Waals surface area contributed by atoms with E-state index < -0.39 is 11.4 Å². The van der Waals surface area contributed by atoms with Crippen LogP contribution in [0.3, 0.4) is 0 Å². The van der Waals surface area contributed by atoms with Crippen molar-refractivity contribution in [2.24, 2.45) is 0 Å². The molecule has 1 saturated carbocycles. The number of nitrogens with zero attached hydrogens (tertiary/aromatic N) is 3. The number of aromatic nitrogens is 2. The van der Waals surface area contributed by atoms with Gasteiger partial charge >= 0.3 is 0 Å². The second kappa shape index (κ2) is 5.98. The Morgan fingerprint density at radius 1 is 1.38 bits per heavy atom. The molecule has 1 aliphatic carbocycles. The number of amides is 1. The monoisotopic (exact) mass is 331 g/mol. The molecule has 1 amide bonds. The number of benzene rings is 1. The minimum atomic E-state index is -0.493. The molecule has 24 heavy (non-hydrogen) atoms. The van der Waals surface area contributed by atoms with Crippen LogP contribution < -0.4 is 5.56 Å². The normalized spacial score (nSPS) is 23.5. The summed E-state index contributed by atoms with van der Waals surface area (Å²) in [5.74, 6) is -0.609. The first-order valence-corrected chi connectivity index (χ1v) is 8.19. The summed E-state index contributed by atoms with van der Waals surface area (Å²) in [6.45, 7) is 0.995. The Balaban J connectivity index is 1.60. The highest BCUT2D eigenvalue weighted by Crippen LogP contribution is 2.29. The Morgan fingerprint density at radius 2 is 2.25 bits per heavy atom. The van der Waals surface area contributed by atoms with Gasteiger partial charge in [0.05, 0.1) is 36.0 Å². The number of hydrogen-bond donors (Lipinski definition) is 0. The van der Waals surface area contributed by atoms with E-state index in [1.54, 1.807) is 0 Å². The standard InChI is InChI=1S/C17H18FN3O3/c18-11-4-5-13-12(8-11)17(23)20(10-19-13)9-16(22)21-6-7-24-15-3-1-2-14(15)21/h4-5,8,10,14-15H,1-3,6-7,9H2/t14-,15-/m0/s1. The van der Waals surface area contributed by atoms with Gasteiger partial charge in [0.25, 0.3) is 5.56 Å². The first kappa shape index (κ1) is 15.3. The molecule has 2 heterocycles. The highest BCUT2D eigenvalue weighted by Gasteiger charge is 2.38. The first-order valence-electron chi connectivity index (χ1n) is 8.19. The van der Waals surface area contributed by atoms with Gasteiger partial charge in [-0.3, -0.25) is 14.2 Å². The van der Waals surface area contributed by atoms with Crippen molar-refractivity contribution < 1.29 is 13.9 Å². The maximum absolute atomic E-state index is 13.4.